The molecule has 1 saturated heterocycles. The molecule has 0 aliphatic carbocycles. The van der Waals surface area contributed by atoms with Crippen LogP contribution >= 0.6 is 0 Å². The van der Waals surface area contributed by atoms with Crippen molar-refractivity contribution in [3.8, 4) is 0 Å². The van der Waals surface area contributed by atoms with Gasteiger partial charge >= 0.3 is 0 Å². The van der Waals surface area contributed by atoms with E-state index in [4.69, 9.17) is 0 Å². The highest BCUT2D eigenvalue weighted by atomic mass is 15.2. The van der Waals surface area contributed by atoms with E-state index < -0.39 is 0 Å². The van der Waals surface area contributed by atoms with Gasteiger partial charge in [0.15, 0.2) is 0 Å². The van der Waals surface area contributed by atoms with Gasteiger partial charge in [0.1, 0.15) is 0 Å². The molecule has 0 bridgehead atoms. The molecule has 1 fully saturated rings. The molecule has 18 heavy (non-hydrogen) atoms. The van der Waals surface area contributed by atoms with E-state index in [9.17, 15) is 0 Å². The summed E-state index contributed by atoms with van der Waals surface area (Å²) in [6.07, 6.45) is 1.37. The van der Waals surface area contributed by atoms with Gasteiger partial charge in [-0.1, -0.05) is 27.7 Å². The molecule has 1 atom stereocenters. The fraction of sp³-hybridized carbons (Fsp3) is 1.00. The van der Waals surface area contributed by atoms with Crippen molar-refractivity contribution in [2.45, 2.75) is 40.2 Å². The summed E-state index contributed by atoms with van der Waals surface area (Å²) in [5, 5.41) is 3.56. The van der Waals surface area contributed by atoms with Crippen LogP contribution in [0.5, 0.6) is 0 Å². The van der Waals surface area contributed by atoms with Crippen LogP contribution in [0.25, 0.3) is 0 Å². The highest BCUT2D eigenvalue weighted by molar-refractivity contribution is 4.80. The number of hydrogen-bond donors (Lipinski definition) is 1. The Balaban J connectivity index is 2.27. The Bertz CT molecular complexity index is 238. The molecule has 1 aliphatic rings. The molecule has 1 N–H and O–H groups in total. The number of nitrogens with one attached hydrogen (secondary N) is 1. The number of nitrogens with zero attached hydrogens (tertiary/aromatic N) is 2. The zero-order valence-electron chi connectivity index (χ0n) is 13.3. The first-order valence-electron chi connectivity index (χ1n) is 7.39. The van der Waals surface area contributed by atoms with Crippen LogP contribution in [-0.2, 0) is 0 Å². The number of likely N-dealkylation sites (tertiary alicyclic amines) is 1. The molecular weight excluding hydrogens is 222 g/mol. The first-order valence-corrected chi connectivity index (χ1v) is 7.39. The summed E-state index contributed by atoms with van der Waals surface area (Å²) in [5.41, 5.74) is 0.351. The molecule has 3 heteroatoms. The molecule has 0 saturated carbocycles. The Morgan fingerprint density at radius 2 is 2.06 bits per heavy atom. The average molecular weight is 255 g/mol. The lowest BCUT2D eigenvalue weighted by Crippen LogP contribution is -2.42. The summed E-state index contributed by atoms with van der Waals surface area (Å²) in [7, 11) is 4.51. The van der Waals surface area contributed by atoms with E-state index in [1.165, 1.54) is 32.6 Å². The molecule has 1 unspecified atom stereocenters. The second-order valence-electron chi connectivity index (χ2n) is 7.31. The van der Waals surface area contributed by atoms with E-state index in [-0.39, 0.29) is 0 Å². The maximum absolute atomic E-state index is 3.56. The molecule has 0 radical (unpaired) electrons. The average Bonchev–Trinajstić information content (AvgIpc) is 2.60. The zero-order valence-corrected chi connectivity index (χ0v) is 13.3. The fourth-order valence-electron chi connectivity index (χ4n) is 2.95. The topological polar surface area (TPSA) is 18.5 Å². The third kappa shape index (κ3) is 6.17. The maximum atomic E-state index is 3.56. The van der Waals surface area contributed by atoms with Crippen molar-refractivity contribution in [1.29, 1.82) is 0 Å². The fourth-order valence-corrected chi connectivity index (χ4v) is 2.95. The second-order valence-corrected chi connectivity index (χ2v) is 7.31. The largest absolute Gasteiger partial charge is 0.314 e. The first-order chi connectivity index (χ1) is 8.28. The van der Waals surface area contributed by atoms with Crippen molar-refractivity contribution in [3.05, 3.63) is 0 Å². The lowest BCUT2D eigenvalue weighted by molar-refractivity contribution is 0.180. The van der Waals surface area contributed by atoms with Crippen molar-refractivity contribution >= 4 is 0 Å². The lowest BCUT2D eigenvalue weighted by atomic mass is 9.92. The van der Waals surface area contributed by atoms with Gasteiger partial charge in [0.25, 0.3) is 0 Å². The number of rotatable bonds is 7. The smallest absolute Gasteiger partial charge is 0.00419 e. The SMILES string of the molecule is CC(C)NCC(C)(C)CN(C)CC1CCN(C)C1. The van der Waals surface area contributed by atoms with Crippen LogP contribution in [0.2, 0.25) is 0 Å². The Morgan fingerprint density at radius 1 is 1.39 bits per heavy atom. The maximum Gasteiger partial charge on any atom is 0.00419 e. The van der Waals surface area contributed by atoms with Crippen LogP contribution < -0.4 is 5.32 Å². The molecule has 108 valence electrons. The van der Waals surface area contributed by atoms with E-state index in [2.05, 4.69) is 56.9 Å². The molecule has 0 aromatic heterocycles. The summed E-state index contributed by atoms with van der Waals surface area (Å²) in [5.74, 6) is 0.869. The molecule has 1 heterocycles. The van der Waals surface area contributed by atoms with Crippen molar-refractivity contribution in [3.63, 3.8) is 0 Å². The standard InChI is InChI=1S/C15H33N3/c1-13(2)16-11-15(3,4)12-18(6)10-14-7-8-17(5)9-14/h13-14,16H,7-12H2,1-6H3. The van der Waals surface area contributed by atoms with Crippen LogP contribution in [0.1, 0.15) is 34.1 Å². The summed E-state index contributed by atoms with van der Waals surface area (Å²) in [4.78, 5) is 4.97. The van der Waals surface area contributed by atoms with Crippen LogP contribution in [-0.4, -0.2) is 62.7 Å². The van der Waals surface area contributed by atoms with Gasteiger partial charge in [-0.3, -0.25) is 0 Å². The van der Waals surface area contributed by atoms with Crippen molar-refractivity contribution in [2.24, 2.45) is 11.3 Å². The minimum Gasteiger partial charge on any atom is -0.314 e. The zero-order chi connectivity index (χ0) is 13.8. The molecule has 3 nitrogen and oxygen atoms in total. The minimum atomic E-state index is 0.351. The molecule has 0 aromatic carbocycles. The van der Waals surface area contributed by atoms with Crippen molar-refractivity contribution < 1.29 is 0 Å². The molecule has 1 aliphatic heterocycles. The van der Waals surface area contributed by atoms with Gasteiger partial charge in [-0.25, -0.2) is 0 Å². The van der Waals surface area contributed by atoms with Crippen LogP contribution in [0.15, 0.2) is 0 Å². The highest BCUT2D eigenvalue weighted by Crippen LogP contribution is 2.19. The predicted molar refractivity (Wildman–Crippen MR) is 80.0 cm³/mol. The normalized spacial score (nSPS) is 22.3. The van der Waals surface area contributed by atoms with Crippen LogP contribution in [0.3, 0.4) is 0 Å². The summed E-state index contributed by atoms with van der Waals surface area (Å²) < 4.78 is 0. The third-order valence-corrected chi connectivity index (χ3v) is 3.75. The second kappa shape index (κ2) is 6.88. The van der Waals surface area contributed by atoms with Gasteiger partial charge in [-0.05, 0) is 38.4 Å². The molecular formula is C15H33N3. The summed E-state index contributed by atoms with van der Waals surface area (Å²) in [6.45, 7) is 15.2. The minimum absolute atomic E-state index is 0.351. The van der Waals surface area contributed by atoms with Gasteiger partial charge in [-0.2, -0.15) is 0 Å². The Morgan fingerprint density at radius 3 is 2.56 bits per heavy atom. The third-order valence-electron chi connectivity index (χ3n) is 3.75. The molecule has 0 amide bonds. The molecule has 1 rings (SSSR count). The van der Waals surface area contributed by atoms with Crippen molar-refractivity contribution in [1.82, 2.24) is 15.1 Å². The highest BCUT2D eigenvalue weighted by Gasteiger charge is 2.24. The summed E-state index contributed by atoms with van der Waals surface area (Å²) in [6, 6.07) is 0.582. The first kappa shape index (κ1) is 15.9. The van der Waals surface area contributed by atoms with Gasteiger partial charge in [0.05, 0.1) is 0 Å². The predicted octanol–water partition coefficient (Wildman–Crippen LogP) is 1.89. The van der Waals surface area contributed by atoms with Crippen LogP contribution in [0.4, 0.5) is 0 Å². The van der Waals surface area contributed by atoms with Crippen molar-refractivity contribution in [2.75, 3.05) is 46.8 Å². The van der Waals surface area contributed by atoms with Gasteiger partial charge in [-0.15, -0.1) is 0 Å². The quantitative estimate of drug-likeness (QED) is 0.749. The molecule has 0 aromatic rings. The Kier molecular flexibility index (Phi) is 6.09. The van der Waals surface area contributed by atoms with Gasteiger partial charge in [0, 0.05) is 32.2 Å². The van der Waals surface area contributed by atoms with E-state index in [1.807, 2.05) is 0 Å². The van der Waals surface area contributed by atoms with E-state index in [0.717, 1.165) is 12.5 Å². The van der Waals surface area contributed by atoms with E-state index in [0.29, 0.717) is 11.5 Å². The van der Waals surface area contributed by atoms with Gasteiger partial charge < -0.3 is 15.1 Å². The Labute approximate surface area is 114 Å². The number of hydrogen-bond acceptors (Lipinski definition) is 3. The van der Waals surface area contributed by atoms with E-state index in [1.54, 1.807) is 0 Å². The lowest BCUT2D eigenvalue weighted by Gasteiger charge is -2.32. The van der Waals surface area contributed by atoms with E-state index >= 15 is 0 Å². The Hall–Kier alpha value is -0.120. The molecule has 0 spiro atoms. The monoisotopic (exact) mass is 255 g/mol. The summed E-state index contributed by atoms with van der Waals surface area (Å²) >= 11 is 0. The van der Waals surface area contributed by atoms with Gasteiger partial charge in [0.2, 0.25) is 0 Å². The van der Waals surface area contributed by atoms with Crippen LogP contribution in [0, 0.1) is 11.3 Å².